The maximum absolute atomic E-state index is 12.0. The van der Waals surface area contributed by atoms with E-state index < -0.39 is 0 Å². The van der Waals surface area contributed by atoms with Gasteiger partial charge in [0.15, 0.2) is 0 Å². The molecule has 3 fully saturated rings. The van der Waals surface area contributed by atoms with Crippen molar-refractivity contribution in [2.45, 2.75) is 70.3 Å². The van der Waals surface area contributed by atoms with Crippen molar-refractivity contribution >= 4 is 5.78 Å². The highest BCUT2D eigenvalue weighted by atomic mass is 16.1. The molecule has 0 N–H and O–H groups in total. The molecular formula is C16H27NO. The summed E-state index contributed by atoms with van der Waals surface area (Å²) in [6.45, 7) is 2.34. The van der Waals surface area contributed by atoms with Gasteiger partial charge in [-0.2, -0.15) is 0 Å². The third-order valence-electron chi connectivity index (χ3n) is 5.49. The molecule has 0 amide bonds. The van der Waals surface area contributed by atoms with Crippen LogP contribution in [0.2, 0.25) is 0 Å². The summed E-state index contributed by atoms with van der Waals surface area (Å²) in [5.41, 5.74) is 0. The van der Waals surface area contributed by atoms with Gasteiger partial charge in [-0.25, -0.2) is 0 Å². The van der Waals surface area contributed by atoms with E-state index in [9.17, 15) is 4.79 Å². The molecule has 2 aliphatic carbocycles. The van der Waals surface area contributed by atoms with Crippen LogP contribution in [0.4, 0.5) is 0 Å². The third-order valence-corrected chi connectivity index (χ3v) is 5.49. The van der Waals surface area contributed by atoms with Crippen molar-refractivity contribution in [3.63, 3.8) is 0 Å². The summed E-state index contributed by atoms with van der Waals surface area (Å²) >= 11 is 0. The van der Waals surface area contributed by atoms with E-state index in [-0.39, 0.29) is 0 Å². The van der Waals surface area contributed by atoms with Gasteiger partial charge in [0.05, 0.1) is 0 Å². The number of carbonyl (C=O) groups excluding carboxylic acids is 1. The van der Waals surface area contributed by atoms with Crippen LogP contribution in [0.1, 0.15) is 64.2 Å². The Labute approximate surface area is 111 Å². The van der Waals surface area contributed by atoms with Gasteiger partial charge in [-0.15, -0.1) is 0 Å². The van der Waals surface area contributed by atoms with Gasteiger partial charge in [0.1, 0.15) is 5.78 Å². The molecule has 2 nitrogen and oxygen atoms in total. The largest absolute Gasteiger partial charge is 0.299 e. The molecule has 2 atom stereocenters. The van der Waals surface area contributed by atoms with Gasteiger partial charge in [-0.1, -0.05) is 19.3 Å². The van der Waals surface area contributed by atoms with Gasteiger partial charge in [0, 0.05) is 24.9 Å². The molecule has 102 valence electrons. The molecule has 0 bridgehead atoms. The molecule has 1 heterocycles. The van der Waals surface area contributed by atoms with Gasteiger partial charge in [0.25, 0.3) is 0 Å². The van der Waals surface area contributed by atoms with Crippen molar-refractivity contribution < 1.29 is 4.79 Å². The number of likely N-dealkylation sites (tertiary alicyclic amines) is 1. The summed E-state index contributed by atoms with van der Waals surface area (Å²) in [6, 6.07) is 0.822. The Balaban J connectivity index is 1.58. The fourth-order valence-corrected chi connectivity index (χ4v) is 4.49. The van der Waals surface area contributed by atoms with Crippen LogP contribution < -0.4 is 0 Å². The van der Waals surface area contributed by atoms with Crippen molar-refractivity contribution in [3.05, 3.63) is 0 Å². The molecule has 2 saturated carbocycles. The molecule has 3 aliphatic rings. The average Bonchev–Trinajstić information content (AvgIpc) is 3.02. The first-order valence-electron chi connectivity index (χ1n) is 8.11. The topological polar surface area (TPSA) is 20.3 Å². The Morgan fingerprint density at radius 3 is 2.50 bits per heavy atom. The van der Waals surface area contributed by atoms with Gasteiger partial charge >= 0.3 is 0 Å². The van der Waals surface area contributed by atoms with E-state index in [4.69, 9.17) is 0 Å². The second kappa shape index (κ2) is 5.73. The average molecular weight is 249 g/mol. The quantitative estimate of drug-likeness (QED) is 0.764. The van der Waals surface area contributed by atoms with Crippen LogP contribution in [0.5, 0.6) is 0 Å². The van der Waals surface area contributed by atoms with Crippen LogP contribution >= 0.6 is 0 Å². The first-order valence-corrected chi connectivity index (χ1v) is 8.11. The summed E-state index contributed by atoms with van der Waals surface area (Å²) < 4.78 is 0. The third kappa shape index (κ3) is 2.64. The summed E-state index contributed by atoms with van der Waals surface area (Å²) in [6.07, 6.45) is 13.0. The lowest BCUT2D eigenvalue weighted by Crippen LogP contribution is -2.40. The van der Waals surface area contributed by atoms with Crippen molar-refractivity contribution in [2.24, 2.45) is 11.8 Å². The summed E-state index contributed by atoms with van der Waals surface area (Å²) in [5.74, 6) is 1.88. The molecule has 3 rings (SSSR count). The Morgan fingerprint density at radius 2 is 1.72 bits per heavy atom. The minimum Gasteiger partial charge on any atom is -0.299 e. The normalized spacial score (nSPS) is 35.4. The molecule has 0 aromatic heterocycles. The highest BCUT2D eigenvalue weighted by Gasteiger charge is 2.35. The zero-order valence-electron chi connectivity index (χ0n) is 11.6. The minimum absolute atomic E-state index is 0.376. The predicted octanol–water partition coefficient (Wildman–Crippen LogP) is 3.40. The van der Waals surface area contributed by atoms with E-state index >= 15 is 0 Å². The zero-order chi connectivity index (χ0) is 12.4. The number of hydrogen-bond donors (Lipinski definition) is 0. The molecule has 18 heavy (non-hydrogen) atoms. The van der Waals surface area contributed by atoms with Crippen LogP contribution in [-0.4, -0.2) is 29.8 Å². The lowest BCUT2D eigenvalue weighted by Gasteiger charge is -2.33. The van der Waals surface area contributed by atoms with Gasteiger partial charge in [-0.05, 0) is 51.0 Å². The SMILES string of the molecule is O=C1CCCCC1CN1CCCC1C1CCCC1. The molecule has 0 aromatic carbocycles. The number of rotatable bonds is 3. The van der Waals surface area contributed by atoms with Gasteiger partial charge in [0.2, 0.25) is 0 Å². The van der Waals surface area contributed by atoms with E-state index in [1.807, 2.05) is 0 Å². The molecule has 2 heteroatoms. The van der Waals surface area contributed by atoms with E-state index in [0.29, 0.717) is 11.7 Å². The van der Waals surface area contributed by atoms with Gasteiger partial charge in [-0.3, -0.25) is 9.69 Å². The number of nitrogens with zero attached hydrogens (tertiary/aromatic N) is 1. The molecule has 0 radical (unpaired) electrons. The second-order valence-corrected chi connectivity index (χ2v) is 6.66. The lowest BCUT2D eigenvalue weighted by atomic mass is 9.87. The van der Waals surface area contributed by atoms with Crippen molar-refractivity contribution in [1.82, 2.24) is 4.90 Å². The Morgan fingerprint density at radius 1 is 0.944 bits per heavy atom. The molecular weight excluding hydrogens is 222 g/mol. The smallest absolute Gasteiger partial charge is 0.137 e. The standard InChI is InChI=1S/C16H27NO/c18-16-10-4-3-8-14(16)12-17-11-5-9-15(17)13-6-1-2-7-13/h13-15H,1-12H2. The molecule has 0 aromatic rings. The van der Waals surface area contributed by atoms with Crippen LogP contribution in [0, 0.1) is 11.8 Å². The minimum atomic E-state index is 0.376. The van der Waals surface area contributed by atoms with Crippen molar-refractivity contribution in [1.29, 1.82) is 0 Å². The van der Waals surface area contributed by atoms with Crippen LogP contribution in [0.25, 0.3) is 0 Å². The Kier molecular flexibility index (Phi) is 4.03. The summed E-state index contributed by atoms with van der Waals surface area (Å²) in [5, 5.41) is 0. The van der Waals surface area contributed by atoms with Gasteiger partial charge < -0.3 is 0 Å². The zero-order valence-corrected chi connectivity index (χ0v) is 11.6. The number of carbonyl (C=O) groups is 1. The second-order valence-electron chi connectivity index (χ2n) is 6.66. The Hall–Kier alpha value is -0.370. The first-order chi connectivity index (χ1) is 8.84. The highest BCUT2D eigenvalue weighted by molar-refractivity contribution is 5.81. The monoisotopic (exact) mass is 249 g/mol. The maximum Gasteiger partial charge on any atom is 0.137 e. The van der Waals surface area contributed by atoms with Crippen LogP contribution in [0.15, 0.2) is 0 Å². The van der Waals surface area contributed by atoms with Crippen LogP contribution in [0.3, 0.4) is 0 Å². The van der Waals surface area contributed by atoms with Crippen molar-refractivity contribution in [2.75, 3.05) is 13.1 Å². The summed E-state index contributed by atoms with van der Waals surface area (Å²) in [4.78, 5) is 14.7. The predicted molar refractivity (Wildman–Crippen MR) is 73.5 cm³/mol. The number of ketones is 1. The van der Waals surface area contributed by atoms with E-state index in [1.165, 1.54) is 51.5 Å². The lowest BCUT2D eigenvalue weighted by molar-refractivity contribution is -0.125. The van der Waals surface area contributed by atoms with E-state index in [1.54, 1.807) is 0 Å². The first kappa shape index (κ1) is 12.7. The maximum atomic E-state index is 12.0. The highest BCUT2D eigenvalue weighted by Crippen LogP contribution is 2.36. The van der Waals surface area contributed by atoms with Crippen molar-refractivity contribution in [3.8, 4) is 0 Å². The molecule has 1 aliphatic heterocycles. The molecule has 0 spiro atoms. The fraction of sp³-hybridized carbons (Fsp3) is 0.938. The fourth-order valence-electron chi connectivity index (χ4n) is 4.49. The number of hydrogen-bond acceptors (Lipinski definition) is 2. The Bertz CT molecular complexity index is 295. The molecule has 1 saturated heterocycles. The van der Waals surface area contributed by atoms with E-state index in [0.717, 1.165) is 37.8 Å². The molecule has 2 unspecified atom stereocenters. The van der Waals surface area contributed by atoms with E-state index in [2.05, 4.69) is 4.90 Å². The summed E-state index contributed by atoms with van der Waals surface area (Å²) in [7, 11) is 0. The number of Topliss-reactive ketones (excluding diaryl/α,β-unsaturated/α-hetero) is 1. The van der Waals surface area contributed by atoms with Crippen LogP contribution in [-0.2, 0) is 4.79 Å².